The van der Waals surface area contributed by atoms with Crippen molar-refractivity contribution in [2.24, 2.45) is 0 Å². The van der Waals surface area contributed by atoms with E-state index in [4.69, 9.17) is 14.3 Å². The molecule has 0 saturated carbocycles. The summed E-state index contributed by atoms with van der Waals surface area (Å²) in [6.45, 7) is 0. The van der Waals surface area contributed by atoms with Gasteiger partial charge >= 0.3 is 0 Å². The molecule has 0 fully saturated rings. The van der Waals surface area contributed by atoms with Crippen molar-refractivity contribution in [3.05, 3.63) is 170 Å². The minimum atomic E-state index is -0.477. The van der Waals surface area contributed by atoms with Crippen molar-refractivity contribution in [1.82, 2.24) is 0 Å². The Hall–Kier alpha value is -6.64. The van der Waals surface area contributed by atoms with Crippen LogP contribution < -0.4 is 0 Å². The number of fused-ring (bicyclic) bond motifs is 9. The summed E-state index contributed by atoms with van der Waals surface area (Å²) < 4.78 is 87.2. The Morgan fingerprint density at radius 2 is 0.940 bits per heavy atom. The molecule has 0 spiro atoms. The van der Waals surface area contributed by atoms with Crippen molar-refractivity contribution < 1.29 is 19.8 Å². The average molecular weight is 645 g/mol. The van der Waals surface area contributed by atoms with Crippen LogP contribution in [0.25, 0.3) is 110 Å². The van der Waals surface area contributed by atoms with E-state index >= 15 is 0 Å². The highest BCUT2D eigenvalue weighted by atomic mass is 16.3. The van der Waals surface area contributed by atoms with Gasteiger partial charge in [-0.1, -0.05) is 145 Å². The van der Waals surface area contributed by atoms with Gasteiger partial charge in [0.2, 0.25) is 0 Å². The number of benzene rings is 9. The first-order valence-corrected chi connectivity index (χ1v) is 16.4. The van der Waals surface area contributed by atoms with Crippen LogP contribution in [0, 0.1) is 0 Å². The van der Waals surface area contributed by atoms with E-state index in [2.05, 4.69) is 0 Å². The van der Waals surface area contributed by atoms with Gasteiger partial charge in [0.05, 0.1) is 11.0 Å². The number of rotatable bonds is 3. The monoisotopic (exact) mass is 644 g/mol. The topological polar surface area (TPSA) is 26.3 Å². The Morgan fingerprint density at radius 1 is 0.360 bits per heavy atom. The summed E-state index contributed by atoms with van der Waals surface area (Å²) in [6.07, 6.45) is 0. The van der Waals surface area contributed by atoms with Gasteiger partial charge in [0.25, 0.3) is 0 Å². The summed E-state index contributed by atoms with van der Waals surface area (Å²) in [5.74, 6) is 0.206. The predicted octanol–water partition coefficient (Wildman–Crippen LogP) is 13.9. The van der Waals surface area contributed by atoms with Gasteiger partial charge in [0.1, 0.15) is 22.5 Å². The van der Waals surface area contributed by atoms with E-state index in [-0.39, 0.29) is 62.6 Å². The fraction of sp³-hybridized carbons (Fsp3) is 0. The Bertz CT molecular complexity index is 3540. The van der Waals surface area contributed by atoms with E-state index < -0.39 is 24.2 Å². The third kappa shape index (κ3) is 3.85. The van der Waals surface area contributed by atoms with Gasteiger partial charge in [-0.2, -0.15) is 0 Å². The molecule has 2 aromatic heterocycles. The molecular formula is C48H28O2. The van der Waals surface area contributed by atoms with Gasteiger partial charge < -0.3 is 8.83 Å². The van der Waals surface area contributed by atoms with E-state index in [9.17, 15) is 5.48 Å². The van der Waals surface area contributed by atoms with Gasteiger partial charge in [-0.15, -0.1) is 0 Å². The second-order valence-electron chi connectivity index (χ2n) is 12.5. The normalized spacial score (nSPS) is 14.2. The Kier molecular flexibility index (Phi) is 4.31. The fourth-order valence-electron chi connectivity index (χ4n) is 7.77. The number of furan rings is 2. The van der Waals surface area contributed by atoms with Crippen molar-refractivity contribution in [2.45, 2.75) is 0 Å². The van der Waals surface area contributed by atoms with Crippen molar-refractivity contribution >= 4 is 76.0 Å². The van der Waals surface area contributed by atoms with E-state index in [0.717, 1.165) is 37.9 Å². The van der Waals surface area contributed by atoms with Gasteiger partial charge in [-0.25, -0.2) is 0 Å². The second kappa shape index (κ2) is 10.4. The molecule has 0 N–H and O–H groups in total. The summed E-state index contributed by atoms with van der Waals surface area (Å²) in [6, 6.07) is 35.4. The SMILES string of the molecule is [2H]c1c([2H])c([2H])c2c(-c3cccc4c3ccc3ccccc34)c3c([2H])c([2H])c([2H])c([2H])c3c(-c3oc4ccccc4c3-c3ccc4c(c3)oc3ccccc34)c2c1[2H]. The first-order valence-electron chi connectivity index (χ1n) is 20.4. The minimum Gasteiger partial charge on any atom is -0.456 e. The molecule has 11 aromatic rings. The maximum Gasteiger partial charge on any atom is 0.144 e. The largest absolute Gasteiger partial charge is 0.456 e. The van der Waals surface area contributed by atoms with Crippen LogP contribution in [-0.2, 0) is 0 Å². The summed E-state index contributed by atoms with van der Waals surface area (Å²) in [5, 5.41) is 6.65. The molecule has 0 atom stereocenters. The molecule has 0 unspecified atom stereocenters. The number of para-hydroxylation sites is 2. The van der Waals surface area contributed by atoms with Crippen LogP contribution in [0.15, 0.2) is 179 Å². The Labute approximate surface area is 298 Å². The van der Waals surface area contributed by atoms with Crippen molar-refractivity contribution in [1.29, 1.82) is 0 Å². The minimum absolute atomic E-state index is 0.0847. The number of hydrogen-bond donors (Lipinski definition) is 0. The molecule has 50 heavy (non-hydrogen) atoms. The van der Waals surface area contributed by atoms with Crippen LogP contribution in [-0.4, -0.2) is 0 Å². The number of hydrogen-bond acceptors (Lipinski definition) is 2. The predicted molar refractivity (Wildman–Crippen MR) is 210 cm³/mol. The van der Waals surface area contributed by atoms with E-state index in [1.54, 1.807) is 0 Å². The fourth-order valence-corrected chi connectivity index (χ4v) is 7.77. The van der Waals surface area contributed by atoms with E-state index in [1.165, 1.54) is 0 Å². The van der Waals surface area contributed by atoms with Gasteiger partial charge in [-0.3, -0.25) is 0 Å². The summed E-state index contributed by atoms with van der Waals surface area (Å²) in [4.78, 5) is 0. The highest BCUT2D eigenvalue weighted by Crippen LogP contribution is 2.50. The van der Waals surface area contributed by atoms with E-state index in [0.29, 0.717) is 33.2 Å². The smallest absolute Gasteiger partial charge is 0.144 e. The van der Waals surface area contributed by atoms with E-state index in [1.807, 2.05) is 121 Å². The first kappa shape index (κ1) is 20.7. The molecule has 9 aromatic carbocycles. The quantitative estimate of drug-likeness (QED) is 0.141. The standard InChI is InChI=1S/C48H28O2/c1-2-13-31-29(12-1)24-26-33-32(31)20-11-21-36(33)46-37-15-3-5-17-39(37)47(40-18-6-4-16-38(40)46)48-45(41-19-8-10-23-43(41)50-48)30-25-27-35-34-14-7-9-22-42(34)49-44(35)28-30/h1-28H/i3D,4D,5D,6D,15D,16D,17D,18D. The van der Waals surface area contributed by atoms with Crippen LogP contribution in [0.1, 0.15) is 11.0 Å². The second-order valence-corrected chi connectivity index (χ2v) is 12.5. The maximum atomic E-state index is 9.58. The average Bonchev–Trinajstić information content (AvgIpc) is 3.83. The lowest BCUT2D eigenvalue weighted by Gasteiger charge is -2.18. The third-order valence-corrected chi connectivity index (χ3v) is 9.92. The summed E-state index contributed by atoms with van der Waals surface area (Å²) in [7, 11) is 0. The molecule has 0 bridgehead atoms. The van der Waals surface area contributed by atoms with Crippen molar-refractivity contribution in [2.75, 3.05) is 0 Å². The van der Waals surface area contributed by atoms with Gasteiger partial charge in [0.15, 0.2) is 0 Å². The first-order chi connectivity index (χ1) is 28.1. The molecule has 2 heteroatoms. The van der Waals surface area contributed by atoms with Crippen molar-refractivity contribution in [3.63, 3.8) is 0 Å². The van der Waals surface area contributed by atoms with Gasteiger partial charge in [0, 0.05) is 27.3 Å². The van der Waals surface area contributed by atoms with Crippen LogP contribution in [0.5, 0.6) is 0 Å². The Morgan fingerprint density at radius 3 is 1.70 bits per heavy atom. The van der Waals surface area contributed by atoms with Crippen LogP contribution in [0.3, 0.4) is 0 Å². The van der Waals surface area contributed by atoms with Gasteiger partial charge in [-0.05, 0) is 84.0 Å². The molecule has 0 aliphatic rings. The van der Waals surface area contributed by atoms with Crippen molar-refractivity contribution in [3.8, 4) is 33.6 Å². The lowest BCUT2D eigenvalue weighted by molar-refractivity contribution is 0.634. The lowest BCUT2D eigenvalue weighted by atomic mass is 9.84. The lowest BCUT2D eigenvalue weighted by Crippen LogP contribution is -1.92. The summed E-state index contributed by atoms with van der Waals surface area (Å²) in [5.41, 5.74) is 4.14. The van der Waals surface area contributed by atoms with Crippen LogP contribution in [0.4, 0.5) is 0 Å². The molecule has 11 rings (SSSR count). The summed E-state index contributed by atoms with van der Waals surface area (Å²) >= 11 is 0. The highest BCUT2D eigenvalue weighted by Gasteiger charge is 2.25. The molecule has 0 radical (unpaired) electrons. The highest BCUT2D eigenvalue weighted by molar-refractivity contribution is 6.26. The zero-order valence-corrected chi connectivity index (χ0v) is 26.4. The third-order valence-electron chi connectivity index (χ3n) is 9.92. The molecular weight excluding hydrogens is 609 g/mol. The van der Waals surface area contributed by atoms with Crippen LogP contribution >= 0.6 is 0 Å². The molecule has 0 saturated heterocycles. The molecule has 232 valence electrons. The zero-order chi connectivity index (χ0) is 39.7. The molecule has 0 aliphatic carbocycles. The maximum absolute atomic E-state index is 9.58. The van der Waals surface area contributed by atoms with Crippen LogP contribution in [0.2, 0.25) is 0 Å². The molecule has 2 heterocycles. The Balaban J connectivity index is 1.37. The molecule has 2 nitrogen and oxygen atoms in total. The molecule has 0 amide bonds. The molecule has 0 aliphatic heterocycles. The zero-order valence-electron chi connectivity index (χ0n) is 34.4.